The maximum Gasteiger partial charge on any atom is 0.323 e. The molecule has 0 bridgehead atoms. The van der Waals surface area contributed by atoms with Gasteiger partial charge in [-0.3, -0.25) is 9.59 Å². The quantitative estimate of drug-likeness (QED) is 0.444. The van der Waals surface area contributed by atoms with E-state index in [2.05, 4.69) is 10.0 Å². The number of nitrogens with one attached hydrogen (secondary N) is 2. The van der Waals surface area contributed by atoms with Crippen molar-refractivity contribution < 1.29 is 27.9 Å². The SMILES string of the molecule is COCCNC(=O)CCNS(=O)(=O)C(C)C(=O)O. The highest BCUT2D eigenvalue weighted by molar-refractivity contribution is 7.90. The fourth-order valence-electron chi connectivity index (χ4n) is 0.945. The van der Waals surface area contributed by atoms with Crippen LogP contribution in [-0.4, -0.2) is 57.5 Å². The van der Waals surface area contributed by atoms with E-state index in [1.54, 1.807) is 0 Å². The Hall–Kier alpha value is -1.19. The molecule has 3 N–H and O–H groups in total. The van der Waals surface area contributed by atoms with Crippen molar-refractivity contribution in [1.29, 1.82) is 0 Å². The maximum atomic E-state index is 11.4. The van der Waals surface area contributed by atoms with E-state index in [0.29, 0.717) is 13.2 Å². The number of amides is 1. The number of ether oxygens (including phenoxy) is 1. The summed E-state index contributed by atoms with van der Waals surface area (Å²) in [6.07, 6.45) is -0.0602. The minimum atomic E-state index is -3.93. The van der Waals surface area contributed by atoms with Crippen LogP contribution >= 0.6 is 0 Å². The molecule has 0 saturated heterocycles. The summed E-state index contributed by atoms with van der Waals surface area (Å²) in [5.41, 5.74) is 0. The lowest BCUT2D eigenvalue weighted by molar-refractivity contribution is -0.136. The van der Waals surface area contributed by atoms with Crippen LogP contribution in [0.3, 0.4) is 0 Å². The summed E-state index contributed by atoms with van der Waals surface area (Å²) in [5, 5.41) is 9.52. The second kappa shape index (κ2) is 8.01. The zero-order valence-corrected chi connectivity index (χ0v) is 11.1. The number of hydrogen-bond acceptors (Lipinski definition) is 5. The Bertz CT molecular complexity index is 381. The van der Waals surface area contributed by atoms with Gasteiger partial charge in [0.15, 0.2) is 5.25 Å². The Labute approximate surface area is 106 Å². The van der Waals surface area contributed by atoms with E-state index in [4.69, 9.17) is 9.84 Å². The fraction of sp³-hybridized carbons (Fsp3) is 0.778. The van der Waals surface area contributed by atoms with Gasteiger partial charge in [0.2, 0.25) is 15.9 Å². The molecule has 0 spiro atoms. The van der Waals surface area contributed by atoms with Crippen molar-refractivity contribution in [2.24, 2.45) is 0 Å². The Morgan fingerprint density at radius 2 is 1.94 bits per heavy atom. The number of carboxylic acid groups (broad SMARTS) is 1. The molecule has 8 nitrogen and oxygen atoms in total. The fourth-order valence-corrected chi connectivity index (χ4v) is 1.85. The van der Waals surface area contributed by atoms with Crippen molar-refractivity contribution in [3.63, 3.8) is 0 Å². The normalized spacial score (nSPS) is 13.0. The molecule has 0 rings (SSSR count). The van der Waals surface area contributed by atoms with E-state index >= 15 is 0 Å². The zero-order valence-electron chi connectivity index (χ0n) is 10.3. The Kier molecular flexibility index (Phi) is 7.48. The number of aliphatic carboxylic acids is 1. The molecule has 1 unspecified atom stereocenters. The number of sulfonamides is 1. The molecule has 9 heteroatoms. The van der Waals surface area contributed by atoms with Gasteiger partial charge < -0.3 is 15.2 Å². The Balaban J connectivity index is 3.97. The molecule has 0 aromatic rings. The molecular weight excluding hydrogens is 264 g/mol. The van der Waals surface area contributed by atoms with Crippen LogP contribution in [0.4, 0.5) is 0 Å². The lowest BCUT2D eigenvalue weighted by atomic mass is 10.4. The van der Waals surface area contributed by atoms with Crippen LogP contribution in [0.25, 0.3) is 0 Å². The molecule has 0 fully saturated rings. The molecule has 0 heterocycles. The van der Waals surface area contributed by atoms with Crippen LogP contribution in [0, 0.1) is 0 Å². The van der Waals surface area contributed by atoms with Crippen molar-refractivity contribution in [3.05, 3.63) is 0 Å². The number of carbonyl (C=O) groups is 2. The summed E-state index contributed by atoms with van der Waals surface area (Å²) < 4.78 is 29.5. The van der Waals surface area contributed by atoms with Gasteiger partial charge in [0.05, 0.1) is 6.61 Å². The minimum Gasteiger partial charge on any atom is -0.480 e. The first kappa shape index (κ1) is 16.8. The first-order valence-electron chi connectivity index (χ1n) is 5.28. The van der Waals surface area contributed by atoms with Gasteiger partial charge >= 0.3 is 5.97 Å². The highest BCUT2D eigenvalue weighted by Crippen LogP contribution is 1.98. The van der Waals surface area contributed by atoms with Crippen LogP contribution in [0.5, 0.6) is 0 Å². The summed E-state index contributed by atoms with van der Waals surface area (Å²) >= 11 is 0. The van der Waals surface area contributed by atoms with Crippen LogP contribution < -0.4 is 10.0 Å². The van der Waals surface area contributed by atoms with E-state index in [1.807, 2.05) is 0 Å². The van der Waals surface area contributed by atoms with E-state index in [9.17, 15) is 18.0 Å². The predicted molar refractivity (Wildman–Crippen MR) is 63.5 cm³/mol. The average molecular weight is 282 g/mol. The smallest absolute Gasteiger partial charge is 0.323 e. The molecule has 1 atom stereocenters. The highest BCUT2D eigenvalue weighted by Gasteiger charge is 2.26. The van der Waals surface area contributed by atoms with Crippen molar-refractivity contribution in [3.8, 4) is 0 Å². The van der Waals surface area contributed by atoms with Gasteiger partial charge in [-0.15, -0.1) is 0 Å². The van der Waals surface area contributed by atoms with E-state index in [0.717, 1.165) is 6.92 Å². The average Bonchev–Trinajstić information content (AvgIpc) is 2.28. The molecule has 0 aromatic heterocycles. The second-order valence-corrected chi connectivity index (χ2v) is 5.60. The van der Waals surface area contributed by atoms with Gasteiger partial charge in [0.25, 0.3) is 0 Å². The van der Waals surface area contributed by atoms with E-state index < -0.39 is 21.2 Å². The number of carboxylic acids is 1. The molecule has 0 aliphatic heterocycles. The van der Waals surface area contributed by atoms with Crippen LogP contribution in [0.15, 0.2) is 0 Å². The molecule has 0 saturated carbocycles. The number of hydrogen-bond donors (Lipinski definition) is 3. The Morgan fingerprint density at radius 3 is 2.44 bits per heavy atom. The summed E-state index contributed by atoms with van der Waals surface area (Å²) in [6, 6.07) is 0. The monoisotopic (exact) mass is 282 g/mol. The van der Waals surface area contributed by atoms with E-state index in [-0.39, 0.29) is 18.9 Å². The molecule has 0 radical (unpaired) electrons. The lowest BCUT2D eigenvalue weighted by Crippen LogP contribution is -2.39. The van der Waals surface area contributed by atoms with Gasteiger partial charge in [-0.05, 0) is 6.92 Å². The van der Waals surface area contributed by atoms with Crippen molar-refractivity contribution in [2.45, 2.75) is 18.6 Å². The highest BCUT2D eigenvalue weighted by atomic mass is 32.2. The lowest BCUT2D eigenvalue weighted by Gasteiger charge is -2.10. The van der Waals surface area contributed by atoms with Gasteiger partial charge in [0.1, 0.15) is 0 Å². The van der Waals surface area contributed by atoms with Crippen molar-refractivity contribution >= 4 is 21.9 Å². The van der Waals surface area contributed by atoms with E-state index in [1.165, 1.54) is 7.11 Å². The molecule has 18 heavy (non-hydrogen) atoms. The number of carbonyl (C=O) groups excluding carboxylic acids is 1. The first-order valence-corrected chi connectivity index (χ1v) is 6.82. The summed E-state index contributed by atoms with van der Waals surface area (Å²) in [7, 11) is -2.44. The van der Waals surface area contributed by atoms with Crippen molar-refractivity contribution in [2.75, 3.05) is 26.8 Å². The first-order chi connectivity index (χ1) is 8.31. The molecule has 0 aliphatic rings. The summed E-state index contributed by atoms with van der Waals surface area (Å²) in [6.45, 7) is 1.63. The topological polar surface area (TPSA) is 122 Å². The van der Waals surface area contributed by atoms with Crippen molar-refractivity contribution in [1.82, 2.24) is 10.0 Å². The standard InChI is InChI=1S/C9H18N2O6S/c1-7(9(13)14)18(15,16)11-4-3-8(12)10-5-6-17-2/h7,11H,3-6H2,1-2H3,(H,10,12)(H,13,14). The van der Waals surface area contributed by atoms with Gasteiger partial charge in [-0.1, -0.05) is 0 Å². The maximum absolute atomic E-state index is 11.4. The van der Waals surface area contributed by atoms with Gasteiger partial charge in [0, 0.05) is 26.6 Å². The van der Waals surface area contributed by atoms with Crippen LogP contribution in [-0.2, 0) is 24.3 Å². The van der Waals surface area contributed by atoms with Crippen LogP contribution in [0.2, 0.25) is 0 Å². The molecule has 1 amide bonds. The summed E-state index contributed by atoms with van der Waals surface area (Å²) in [5.74, 6) is -1.77. The third-order valence-corrected chi connectivity index (χ3v) is 3.84. The number of methoxy groups -OCH3 is 1. The number of rotatable bonds is 9. The Morgan fingerprint density at radius 1 is 1.33 bits per heavy atom. The predicted octanol–water partition coefficient (Wildman–Crippen LogP) is -1.47. The van der Waals surface area contributed by atoms with Gasteiger partial charge in [-0.2, -0.15) is 0 Å². The van der Waals surface area contributed by atoms with Crippen LogP contribution in [0.1, 0.15) is 13.3 Å². The third kappa shape index (κ3) is 6.52. The molecule has 0 aromatic carbocycles. The molecule has 0 aliphatic carbocycles. The minimum absolute atomic E-state index is 0.0602. The zero-order chi connectivity index (χ0) is 14.2. The largest absolute Gasteiger partial charge is 0.480 e. The summed E-state index contributed by atoms with van der Waals surface area (Å²) in [4.78, 5) is 21.7. The molecular formula is C9H18N2O6S. The third-order valence-electron chi connectivity index (χ3n) is 2.10. The van der Waals surface area contributed by atoms with Gasteiger partial charge in [-0.25, -0.2) is 13.1 Å². The second-order valence-electron chi connectivity index (χ2n) is 3.51. The molecule has 106 valence electrons.